The van der Waals surface area contributed by atoms with Gasteiger partial charge in [0.15, 0.2) is 11.5 Å². The van der Waals surface area contributed by atoms with E-state index in [1.807, 2.05) is 12.1 Å². The predicted molar refractivity (Wildman–Crippen MR) is 92.8 cm³/mol. The Morgan fingerprint density at radius 2 is 1.83 bits per heavy atom. The molecule has 1 N–H and O–H groups in total. The second-order valence-corrected chi connectivity index (χ2v) is 6.23. The van der Waals surface area contributed by atoms with E-state index < -0.39 is 0 Å². The van der Waals surface area contributed by atoms with Crippen LogP contribution in [0, 0.1) is 5.82 Å². The molecule has 0 heterocycles. The normalized spacial score (nSPS) is 14.8. The Morgan fingerprint density at radius 3 is 2.54 bits per heavy atom. The Balaban J connectivity index is 1.70. The quantitative estimate of drug-likeness (QED) is 0.814. The number of rotatable bonds is 7. The van der Waals surface area contributed by atoms with Gasteiger partial charge in [0.2, 0.25) is 0 Å². The maximum Gasteiger partial charge on any atom is 0.166 e. The van der Waals surface area contributed by atoms with Crippen molar-refractivity contribution in [3.63, 3.8) is 0 Å². The molecule has 0 amide bonds. The Kier molecular flexibility index (Phi) is 5.70. The molecular weight excluding hydrogens is 305 g/mol. The van der Waals surface area contributed by atoms with Crippen molar-refractivity contribution >= 4 is 0 Å². The van der Waals surface area contributed by atoms with Gasteiger partial charge in [-0.1, -0.05) is 37.1 Å². The lowest BCUT2D eigenvalue weighted by molar-refractivity contribution is 0.280. The standard InChI is InChI=1S/C20H24FNO2/c1-23-19-8-4-5-16(13-22-18-6-2-3-7-18)20(19)24-14-15-9-11-17(21)12-10-15/h4-5,8-12,18,22H,2-3,6-7,13-14H2,1H3. The summed E-state index contributed by atoms with van der Waals surface area (Å²) in [6.45, 7) is 1.15. The first kappa shape index (κ1) is 16.8. The number of para-hydroxylation sites is 1. The van der Waals surface area contributed by atoms with Gasteiger partial charge in [0.05, 0.1) is 7.11 Å². The van der Waals surface area contributed by atoms with Gasteiger partial charge in [0.25, 0.3) is 0 Å². The number of benzene rings is 2. The highest BCUT2D eigenvalue weighted by Crippen LogP contribution is 2.32. The molecule has 3 rings (SSSR count). The first-order chi connectivity index (χ1) is 11.8. The summed E-state index contributed by atoms with van der Waals surface area (Å²) in [5, 5.41) is 3.61. The fraction of sp³-hybridized carbons (Fsp3) is 0.400. The van der Waals surface area contributed by atoms with Crippen LogP contribution in [0.5, 0.6) is 11.5 Å². The molecule has 24 heavy (non-hydrogen) atoms. The summed E-state index contributed by atoms with van der Waals surface area (Å²) >= 11 is 0. The second-order valence-electron chi connectivity index (χ2n) is 6.23. The summed E-state index contributed by atoms with van der Waals surface area (Å²) in [5.74, 6) is 1.25. The van der Waals surface area contributed by atoms with Gasteiger partial charge in [0.1, 0.15) is 12.4 Å². The maximum absolute atomic E-state index is 13.0. The lowest BCUT2D eigenvalue weighted by atomic mass is 10.1. The van der Waals surface area contributed by atoms with E-state index in [1.54, 1.807) is 19.2 Å². The lowest BCUT2D eigenvalue weighted by Gasteiger charge is -2.17. The minimum atomic E-state index is -0.238. The van der Waals surface area contributed by atoms with Crippen molar-refractivity contribution in [3.8, 4) is 11.5 Å². The molecule has 0 radical (unpaired) electrons. The van der Waals surface area contributed by atoms with Crippen LogP contribution in [-0.4, -0.2) is 13.2 Å². The van der Waals surface area contributed by atoms with Crippen LogP contribution in [-0.2, 0) is 13.2 Å². The van der Waals surface area contributed by atoms with Gasteiger partial charge in [-0.05, 0) is 36.6 Å². The fourth-order valence-electron chi connectivity index (χ4n) is 3.15. The molecule has 0 spiro atoms. The second kappa shape index (κ2) is 8.15. The summed E-state index contributed by atoms with van der Waals surface area (Å²) in [5.41, 5.74) is 2.01. The largest absolute Gasteiger partial charge is 0.493 e. The molecule has 0 aromatic heterocycles. The molecule has 128 valence electrons. The van der Waals surface area contributed by atoms with Crippen LogP contribution in [0.25, 0.3) is 0 Å². The monoisotopic (exact) mass is 329 g/mol. The molecule has 4 heteroatoms. The van der Waals surface area contributed by atoms with Crippen molar-refractivity contribution in [2.45, 2.75) is 44.9 Å². The first-order valence-electron chi connectivity index (χ1n) is 8.53. The first-order valence-corrected chi connectivity index (χ1v) is 8.53. The minimum Gasteiger partial charge on any atom is -0.493 e. The zero-order valence-electron chi connectivity index (χ0n) is 14.1. The third kappa shape index (κ3) is 4.26. The van der Waals surface area contributed by atoms with Crippen LogP contribution < -0.4 is 14.8 Å². The molecule has 1 saturated carbocycles. The zero-order valence-corrected chi connectivity index (χ0v) is 14.1. The molecule has 0 bridgehead atoms. The Morgan fingerprint density at radius 1 is 1.08 bits per heavy atom. The van der Waals surface area contributed by atoms with E-state index in [0.29, 0.717) is 12.6 Å². The van der Waals surface area contributed by atoms with Gasteiger partial charge in [-0.3, -0.25) is 0 Å². The van der Waals surface area contributed by atoms with Crippen molar-refractivity contribution in [1.82, 2.24) is 5.32 Å². The van der Waals surface area contributed by atoms with Crippen molar-refractivity contribution in [2.75, 3.05) is 7.11 Å². The van der Waals surface area contributed by atoms with Gasteiger partial charge in [-0.2, -0.15) is 0 Å². The smallest absolute Gasteiger partial charge is 0.166 e. The third-order valence-electron chi connectivity index (χ3n) is 4.51. The molecule has 0 unspecified atom stereocenters. The molecule has 0 aliphatic heterocycles. The van der Waals surface area contributed by atoms with E-state index in [0.717, 1.165) is 29.2 Å². The Labute approximate surface area is 142 Å². The topological polar surface area (TPSA) is 30.5 Å². The van der Waals surface area contributed by atoms with Gasteiger partial charge in [0, 0.05) is 18.2 Å². The van der Waals surface area contributed by atoms with Gasteiger partial charge in [-0.15, -0.1) is 0 Å². The molecule has 2 aromatic rings. The number of nitrogens with one attached hydrogen (secondary N) is 1. The number of halogens is 1. The Bertz CT molecular complexity index is 651. The summed E-state index contributed by atoms with van der Waals surface area (Å²) in [7, 11) is 1.65. The van der Waals surface area contributed by atoms with Gasteiger partial charge < -0.3 is 14.8 Å². The van der Waals surface area contributed by atoms with E-state index in [2.05, 4.69) is 11.4 Å². The molecule has 2 aromatic carbocycles. The fourth-order valence-corrected chi connectivity index (χ4v) is 3.15. The van der Waals surface area contributed by atoms with Crippen molar-refractivity contribution in [3.05, 3.63) is 59.4 Å². The SMILES string of the molecule is COc1cccc(CNC2CCCC2)c1OCc1ccc(F)cc1. The summed E-state index contributed by atoms with van der Waals surface area (Å²) in [4.78, 5) is 0. The van der Waals surface area contributed by atoms with Crippen LogP contribution >= 0.6 is 0 Å². The van der Waals surface area contributed by atoms with E-state index in [-0.39, 0.29) is 5.82 Å². The highest BCUT2D eigenvalue weighted by Gasteiger charge is 2.16. The molecule has 0 saturated heterocycles. The van der Waals surface area contributed by atoms with Crippen molar-refractivity contribution < 1.29 is 13.9 Å². The van der Waals surface area contributed by atoms with E-state index in [1.165, 1.54) is 37.8 Å². The van der Waals surface area contributed by atoms with Crippen LogP contribution in [0.2, 0.25) is 0 Å². The third-order valence-corrected chi connectivity index (χ3v) is 4.51. The molecule has 1 aliphatic rings. The molecule has 1 aliphatic carbocycles. The highest BCUT2D eigenvalue weighted by atomic mass is 19.1. The highest BCUT2D eigenvalue weighted by molar-refractivity contribution is 5.46. The van der Waals surface area contributed by atoms with E-state index in [4.69, 9.17) is 9.47 Å². The molecule has 1 fully saturated rings. The van der Waals surface area contributed by atoms with E-state index >= 15 is 0 Å². The Hall–Kier alpha value is -2.07. The zero-order chi connectivity index (χ0) is 16.8. The number of hydrogen-bond acceptors (Lipinski definition) is 3. The number of methoxy groups -OCH3 is 1. The predicted octanol–water partition coefficient (Wildman–Crippen LogP) is 4.45. The molecular formula is C20H24FNO2. The van der Waals surface area contributed by atoms with Crippen LogP contribution in [0.15, 0.2) is 42.5 Å². The average molecular weight is 329 g/mol. The van der Waals surface area contributed by atoms with Gasteiger partial charge >= 0.3 is 0 Å². The van der Waals surface area contributed by atoms with Crippen LogP contribution in [0.3, 0.4) is 0 Å². The maximum atomic E-state index is 13.0. The van der Waals surface area contributed by atoms with Crippen molar-refractivity contribution in [1.29, 1.82) is 0 Å². The number of hydrogen-bond donors (Lipinski definition) is 1. The molecule has 0 atom stereocenters. The number of ether oxygens (including phenoxy) is 2. The van der Waals surface area contributed by atoms with E-state index in [9.17, 15) is 4.39 Å². The molecule has 3 nitrogen and oxygen atoms in total. The van der Waals surface area contributed by atoms with Crippen LogP contribution in [0.4, 0.5) is 4.39 Å². The van der Waals surface area contributed by atoms with Crippen LogP contribution in [0.1, 0.15) is 36.8 Å². The van der Waals surface area contributed by atoms with Crippen molar-refractivity contribution in [2.24, 2.45) is 0 Å². The lowest BCUT2D eigenvalue weighted by Crippen LogP contribution is -2.25. The summed E-state index contributed by atoms with van der Waals surface area (Å²) < 4.78 is 24.5. The van der Waals surface area contributed by atoms with Gasteiger partial charge in [-0.25, -0.2) is 4.39 Å². The average Bonchev–Trinajstić information content (AvgIpc) is 3.13. The minimum absolute atomic E-state index is 0.238. The summed E-state index contributed by atoms with van der Waals surface area (Å²) in [6.07, 6.45) is 5.11. The summed E-state index contributed by atoms with van der Waals surface area (Å²) in [6, 6.07) is 12.9.